The Kier molecular flexibility index (Phi) is 9.71. The monoisotopic (exact) mass is 442 g/mol. The van der Waals surface area contributed by atoms with E-state index in [1.165, 1.54) is 13.2 Å². The number of aromatic nitrogens is 2. The van der Waals surface area contributed by atoms with Crippen LogP contribution < -0.4 is 20.5 Å². The molecule has 0 radical (unpaired) electrons. The maximum Gasteiger partial charge on any atom is 0.422 e. The van der Waals surface area contributed by atoms with Crippen LogP contribution in [0, 0.1) is 6.92 Å². The number of halogens is 3. The number of amides is 2. The molecule has 0 aromatic carbocycles. The number of methoxy groups -OCH3 is 1. The third-order valence-electron chi connectivity index (χ3n) is 3.55. The van der Waals surface area contributed by atoms with Gasteiger partial charge in [0.25, 0.3) is 5.91 Å². The van der Waals surface area contributed by atoms with Crippen LogP contribution in [0.25, 0.3) is 0 Å². The molecule has 2 heterocycles. The highest BCUT2D eigenvalue weighted by molar-refractivity contribution is 5.92. The summed E-state index contributed by atoms with van der Waals surface area (Å²) in [7, 11) is 1.37. The molecule has 11 heteroatoms. The van der Waals surface area contributed by atoms with E-state index in [4.69, 9.17) is 9.53 Å². The largest absolute Gasteiger partial charge is 0.481 e. The van der Waals surface area contributed by atoms with E-state index in [-0.39, 0.29) is 30.1 Å². The quantitative estimate of drug-likeness (QED) is 0.637. The first-order valence-electron chi connectivity index (χ1n) is 9.16. The average molecular weight is 442 g/mol. The van der Waals surface area contributed by atoms with Gasteiger partial charge in [0.05, 0.1) is 7.11 Å². The molecule has 0 saturated heterocycles. The second-order valence-corrected chi connectivity index (χ2v) is 6.66. The second-order valence-electron chi connectivity index (χ2n) is 6.66. The van der Waals surface area contributed by atoms with Crippen molar-refractivity contribution < 1.29 is 32.2 Å². The van der Waals surface area contributed by atoms with E-state index in [0.717, 1.165) is 5.56 Å². The molecule has 2 aromatic rings. The number of hydrogen-bond donors (Lipinski definition) is 2. The minimum atomic E-state index is -4.45. The third kappa shape index (κ3) is 9.32. The fourth-order valence-corrected chi connectivity index (χ4v) is 2.51. The van der Waals surface area contributed by atoms with Gasteiger partial charge >= 0.3 is 6.18 Å². The summed E-state index contributed by atoms with van der Waals surface area (Å²) in [6.45, 7) is 4.06. The Morgan fingerprint density at radius 2 is 1.90 bits per heavy atom. The van der Waals surface area contributed by atoms with Crippen molar-refractivity contribution in [2.75, 3.05) is 13.7 Å². The van der Waals surface area contributed by atoms with Gasteiger partial charge in [-0.2, -0.15) is 18.2 Å². The first-order valence-corrected chi connectivity index (χ1v) is 9.16. The molecule has 0 saturated carbocycles. The van der Waals surface area contributed by atoms with Gasteiger partial charge < -0.3 is 20.5 Å². The predicted molar refractivity (Wildman–Crippen MR) is 107 cm³/mol. The first-order chi connectivity index (χ1) is 14.5. The fraction of sp³-hybridized carbons (Fsp3) is 0.400. The molecule has 2 aromatic heterocycles. The lowest BCUT2D eigenvalue weighted by atomic mass is 10.0. The summed E-state index contributed by atoms with van der Waals surface area (Å²) in [6.07, 6.45) is -3.84. The summed E-state index contributed by atoms with van der Waals surface area (Å²) >= 11 is 0. The first kappa shape index (κ1) is 25.7. The van der Waals surface area contributed by atoms with Crippen LogP contribution in [0.2, 0.25) is 0 Å². The van der Waals surface area contributed by atoms with Gasteiger partial charge in [0.2, 0.25) is 18.2 Å². The van der Waals surface area contributed by atoms with Gasteiger partial charge in [0.15, 0.2) is 6.61 Å². The third-order valence-corrected chi connectivity index (χ3v) is 3.55. The lowest BCUT2D eigenvalue weighted by Crippen LogP contribution is -2.31. The number of carbonyl (C=O) groups excluding carboxylic acids is 2. The molecule has 0 unspecified atom stereocenters. The summed E-state index contributed by atoms with van der Waals surface area (Å²) in [5, 5.41) is 2.79. The van der Waals surface area contributed by atoms with Gasteiger partial charge in [-0.05, 0) is 44.5 Å². The highest BCUT2D eigenvalue weighted by atomic mass is 19.4. The number of carbonyl (C=O) groups is 2. The number of ether oxygens (including phenoxy) is 2. The molecule has 0 aliphatic rings. The standard InChI is InChI=1S/C19H22F3N3O3.CH3NO/c1-11(2)23-17(26)15-9-13(7-12(3)24-15)8-14-5-6-16(25-18(14)27-4)28-10-19(20,21)22;2-1-3/h5-7,9,11H,8,10H2,1-4H3,(H,23,26);1H,(H2,2,3). The molecule has 0 aliphatic heterocycles. The van der Waals surface area contributed by atoms with Crippen LogP contribution in [0.4, 0.5) is 13.2 Å². The van der Waals surface area contributed by atoms with Gasteiger partial charge in [0, 0.05) is 29.8 Å². The van der Waals surface area contributed by atoms with E-state index >= 15 is 0 Å². The zero-order valence-corrected chi connectivity index (χ0v) is 17.6. The molecular formula is C20H25F3N4O4. The zero-order valence-electron chi connectivity index (χ0n) is 17.6. The van der Waals surface area contributed by atoms with Crippen LogP contribution in [0.3, 0.4) is 0 Å². The van der Waals surface area contributed by atoms with Crippen LogP contribution in [-0.2, 0) is 11.2 Å². The van der Waals surface area contributed by atoms with Crippen LogP contribution >= 0.6 is 0 Å². The minimum absolute atomic E-state index is 0.0215. The van der Waals surface area contributed by atoms with Crippen LogP contribution in [0.5, 0.6) is 11.8 Å². The minimum Gasteiger partial charge on any atom is -0.481 e. The van der Waals surface area contributed by atoms with E-state index in [0.29, 0.717) is 23.4 Å². The van der Waals surface area contributed by atoms with Crippen molar-refractivity contribution in [1.29, 1.82) is 0 Å². The van der Waals surface area contributed by atoms with Crippen LogP contribution in [0.1, 0.15) is 41.2 Å². The maximum atomic E-state index is 12.3. The molecule has 0 spiro atoms. The maximum absolute atomic E-state index is 12.3. The predicted octanol–water partition coefficient (Wildman–Crippen LogP) is 2.57. The highest BCUT2D eigenvalue weighted by Crippen LogP contribution is 2.24. The Bertz CT molecular complexity index is 889. The Labute approximate surface area is 178 Å². The molecule has 2 rings (SSSR count). The molecule has 31 heavy (non-hydrogen) atoms. The number of pyridine rings is 2. The smallest absolute Gasteiger partial charge is 0.422 e. The lowest BCUT2D eigenvalue weighted by molar-refractivity contribution is -0.154. The van der Waals surface area contributed by atoms with Crippen molar-refractivity contribution in [1.82, 2.24) is 15.3 Å². The molecule has 2 amide bonds. The number of alkyl halides is 3. The van der Waals surface area contributed by atoms with Crippen molar-refractivity contribution in [2.24, 2.45) is 5.73 Å². The van der Waals surface area contributed by atoms with Crippen LogP contribution in [0.15, 0.2) is 24.3 Å². The van der Waals surface area contributed by atoms with E-state index in [9.17, 15) is 18.0 Å². The molecule has 0 aliphatic carbocycles. The molecule has 0 fully saturated rings. The molecule has 0 bridgehead atoms. The summed E-state index contributed by atoms with van der Waals surface area (Å²) in [5.41, 5.74) is 6.57. The van der Waals surface area contributed by atoms with E-state index in [1.54, 1.807) is 19.1 Å². The number of aryl methyl sites for hydroxylation is 1. The summed E-state index contributed by atoms with van der Waals surface area (Å²) in [5.74, 6) is -0.302. The van der Waals surface area contributed by atoms with E-state index in [2.05, 4.69) is 25.8 Å². The number of rotatable bonds is 7. The Morgan fingerprint density at radius 1 is 1.26 bits per heavy atom. The Hall–Kier alpha value is -3.37. The van der Waals surface area contributed by atoms with Gasteiger partial charge in [-0.1, -0.05) is 0 Å². The van der Waals surface area contributed by atoms with Crippen molar-refractivity contribution in [3.05, 3.63) is 46.8 Å². The van der Waals surface area contributed by atoms with Gasteiger partial charge in [-0.15, -0.1) is 0 Å². The SMILES string of the molecule is COc1nc(OCC(F)(F)F)ccc1Cc1cc(C)nc(C(=O)NC(C)C)c1.NC=O. The van der Waals surface area contributed by atoms with Gasteiger partial charge in [-0.3, -0.25) is 9.59 Å². The summed E-state index contributed by atoms with van der Waals surface area (Å²) in [4.78, 5) is 29.0. The highest BCUT2D eigenvalue weighted by Gasteiger charge is 2.28. The number of nitrogens with zero attached hydrogens (tertiary/aromatic N) is 2. The normalized spacial score (nSPS) is 10.7. The summed E-state index contributed by atoms with van der Waals surface area (Å²) < 4.78 is 46.7. The topological polar surface area (TPSA) is 116 Å². The summed E-state index contributed by atoms with van der Waals surface area (Å²) in [6, 6.07) is 6.40. The molecule has 170 valence electrons. The van der Waals surface area contributed by atoms with Crippen molar-refractivity contribution >= 4 is 12.3 Å². The van der Waals surface area contributed by atoms with E-state index in [1.807, 2.05) is 19.9 Å². The molecule has 8 nitrogen and oxygen atoms in total. The van der Waals surface area contributed by atoms with Crippen molar-refractivity contribution in [2.45, 2.75) is 39.4 Å². The Balaban J connectivity index is 0.00000151. The number of nitrogens with one attached hydrogen (secondary N) is 1. The molecular weight excluding hydrogens is 417 g/mol. The second kappa shape index (κ2) is 11.7. The van der Waals surface area contributed by atoms with Crippen LogP contribution in [-0.4, -0.2) is 48.2 Å². The van der Waals surface area contributed by atoms with Crippen molar-refractivity contribution in [3.8, 4) is 11.8 Å². The number of nitrogens with two attached hydrogens (primary N) is 1. The van der Waals surface area contributed by atoms with Gasteiger partial charge in [-0.25, -0.2) is 4.98 Å². The fourth-order valence-electron chi connectivity index (χ4n) is 2.51. The van der Waals surface area contributed by atoms with E-state index < -0.39 is 12.8 Å². The lowest BCUT2D eigenvalue weighted by Gasteiger charge is -2.13. The number of primary amides is 1. The number of hydrogen-bond acceptors (Lipinski definition) is 6. The van der Waals surface area contributed by atoms with Crippen molar-refractivity contribution in [3.63, 3.8) is 0 Å². The molecule has 0 atom stereocenters. The Morgan fingerprint density at radius 3 is 2.45 bits per heavy atom. The molecule has 3 N–H and O–H groups in total. The average Bonchev–Trinajstić information content (AvgIpc) is 2.66. The van der Waals surface area contributed by atoms with Gasteiger partial charge in [0.1, 0.15) is 5.69 Å². The zero-order chi connectivity index (χ0) is 23.6.